The van der Waals surface area contributed by atoms with Crippen molar-refractivity contribution in [3.63, 3.8) is 0 Å². The fourth-order valence-electron chi connectivity index (χ4n) is 1.51. The Bertz CT molecular complexity index is 487. The van der Waals surface area contributed by atoms with Crippen LogP contribution in [0.1, 0.15) is 19.4 Å². The normalized spacial score (nSPS) is 12.8. The van der Waals surface area contributed by atoms with Gasteiger partial charge in [-0.05, 0) is 26.0 Å². The molecule has 106 valence electrons. The van der Waals surface area contributed by atoms with Crippen LogP contribution in [0.2, 0.25) is 10.0 Å². The van der Waals surface area contributed by atoms with Crippen molar-refractivity contribution in [1.82, 2.24) is 0 Å². The van der Waals surface area contributed by atoms with Crippen LogP contribution in [0.4, 0.5) is 0 Å². The third-order valence-electron chi connectivity index (χ3n) is 2.22. The van der Waals surface area contributed by atoms with Gasteiger partial charge in [0.15, 0.2) is 0 Å². The number of rotatable bonds is 6. The lowest BCUT2D eigenvalue weighted by Crippen LogP contribution is -1.99. The molecule has 0 saturated carbocycles. The first-order valence-electron chi connectivity index (χ1n) is 5.64. The molecule has 0 heterocycles. The molecular weight excluding hydrogens is 329 g/mol. The molecule has 0 saturated heterocycles. The zero-order chi connectivity index (χ0) is 14.5. The quantitative estimate of drug-likeness (QED) is 0.613. The van der Waals surface area contributed by atoms with Gasteiger partial charge in [-0.1, -0.05) is 40.9 Å². The van der Waals surface area contributed by atoms with E-state index in [0.29, 0.717) is 15.6 Å². The minimum atomic E-state index is -3.54. The molecule has 0 aliphatic heterocycles. The van der Waals surface area contributed by atoms with Gasteiger partial charge < -0.3 is 9.05 Å². The van der Waals surface area contributed by atoms with Gasteiger partial charge >= 0.3 is 7.60 Å². The Morgan fingerprint density at radius 3 is 2.05 bits per heavy atom. The molecule has 1 rings (SSSR count). The second-order valence-electron chi connectivity index (χ2n) is 3.42. The zero-order valence-corrected chi connectivity index (χ0v) is 13.7. The molecule has 0 spiro atoms. The molecule has 0 atom stereocenters. The Hall–Kier alpha value is -0.0200. The van der Waals surface area contributed by atoms with Crippen molar-refractivity contribution in [3.8, 4) is 0 Å². The van der Waals surface area contributed by atoms with Crippen molar-refractivity contribution >= 4 is 47.7 Å². The molecule has 0 amide bonds. The van der Waals surface area contributed by atoms with Crippen LogP contribution >= 0.6 is 42.4 Å². The summed E-state index contributed by atoms with van der Waals surface area (Å²) in [5, 5.41) is 0.825. The summed E-state index contributed by atoms with van der Waals surface area (Å²) in [7, 11) is -3.54. The van der Waals surface area contributed by atoms with Crippen LogP contribution in [-0.4, -0.2) is 13.2 Å². The van der Waals surface area contributed by atoms with E-state index < -0.39 is 7.60 Å². The molecule has 0 N–H and O–H groups in total. The molecule has 7 heteroatoms. The Morgan fingerprint density at radius 2 is 1.68 bits per heavy atom. The van der Waals surface area contributed by atoms with Gasteiger partial charge in [-0.25, -0.2) is 0 Å². The first-order chi connectivity index (χ1) is 9.00. The highest BCUT2D eigenvalue weighted by atomic mass is 35.5. The second kappa shape index (κ2) is 7.68. The van der Waals surface area contributed by atoms with Gasteiger partial charge in [0.1, 0.15) is 0 Å². The topological polar surface area (TPSA) is 35.5 Å². The minimum absolute atomic E-state index is 0.161. The molecule has 1 aromatic carbocycles. The Balaban J connectivity index is 3.38. The predicted molar refractivity (Wildman–Crippen MR) is 81.2 cm³/mol. The van der Waals surface area contributed by atoms with E-state index in [0.717, 1.165) is 5.54 Å². The van der Waals surface area contributed by atoms with E-state index in [1.54, 1.807) is 32.0 Å². The van der Waals surface area contributed by atoms with Crippen LogP contribution < -0.4 is 0 Å². The summed E-state index contributed by atoms with van der Waals surface area (Å²) in [6.07, 6.45) is 0. The average Bonchev–Trinajstić information content (AvgIpc) is 2.34. The lowest BCUT2D eigenvalue weighted by Gasteiger charge is -2.21. The molecule has 0 aliphatic carbocycles. The molecular formula is C12H14Cl3O3P. The first kappa shape index (κ1) is 17.0. The van der Waals surface area contributed by atoms with Crippen LogP contribution in [0.5, 0.6) is 0 Å². The highest BCUT2D eigenvalue weighted by Gasteiger charge is 2.33. The SMILES string of the molecule is CCOP(=O)(OCC)/C(=C/Cl)c1c(Cl)cccc1Cl. The summed E-state index contributed by atoms with van der Waals surface area (Å²) in [5.74, 6) is 0. The van der Waals surface area contributed by atoms with E-state index in [1.165, 1.54) is 0 Å². The predicted octanol–water partition coefficient (Wildman–Crippen LogP) is 5.80. The standard InChI is InChI=1S/C12H14Cl3O3P/c1-3-17-19(16,18-4-2)11(8-13)12-9(14)6-5-7-10(12)15/h5-8H,3-4H2,1-2H3/b11-8+. The van der Waals surface area contributed by atoms with Crippen molar-refractivity contribution in [1.29, 1.82) is 0 Å². The lowest BCUT2D eigenvalue weighted by molar-refractivity contribution is 0.230. The van der Waals surface area contributed by atoms with Crippen molar-refractivity contribution in [2.24, 2.45) is 0 Å². The van der Waals surface area contributed by atoms with Gasteiger partial charge in [-0.3, -0.25) is 4.57 Å². The molecule has 0 aliphatic rings. The van der Waals surface area contributed by atoms with Crippen molar-refractivity contribution < 1.29 is 13.6 Å². The molecule has 0 bridgehead atoms. The number of benzene rings is 1. The molecule has 3 nitrogen and oxygen atoms in total. The molecule has 0 fully saturated rings. The van der Waals surface area contributed by atoms with Crippen molar-refractivity contribution in [2.45, 2.75) is 13.8 Å². The fourth-order valence-corrected chi connectivity index (χ4v) is 4.38. The maximum absolute atomic E-state index is 12.7. The van der Waals surface area contributed by atoms with Crippen molar-refractivity contribution in [3.05, 3.63) is 39.3 Å². The summed E-state index contributed by atoms with van der Waals surface area (Å²) in [5.41, 5.74) is 1.50. The Kier molecular flexibility index (Phi) is 6.89. The third kappa shape index (κ3) is 3.98. The largest absolute Gasteiger partial charge is 0.362 e. The van der Waals surface area contributed by atoms with Gasteiger partial charge in [0.05, 0.1) is 28.6 Å². The molecule has 0 unspecified atom stereocenters. The second-order valence-corrected chi connectivity index (χ2v) is 6.45. The summed E-state index contributed by atoms with van der Waals surface area (Å²) in [4.78, 5) is 0. The van der Waals surface area contributed by atoms with E-state index in [4.69, 9.17) is 43.9 Å². The first-order valence-corrected chi connectivity index (χ1v) is 8.38. The Labute approximate surface area is 128 Å². The van der Waals surface area contributed by atoms with Gasteiger partial charge in [0.25, 0.3) is 0 Å². The molecule has 19 heavy (non-hydrogen) atoms. The van der Waals surface area contributed by atoms with E-state index in [2.05, 4.69) is 0 Å². The van der Waals surface area contributed by atoms with Gasteiger partial charge in [-0.2, -0.15) is 0 Å². The van der Waals surface area contributed by atoms with Crippen LogP contribution in [-0.2, 0) is 13.6 Å². The van der Waals surface area contributed by atoms with Crippen LogP contribution in [0.15, 0.2) is 23.7 Å². The molecule has 0 aromatic heterocycles. The Morgan fingerprint density at radius 1 is 1.21 bits per heavy atom. The lowest BCUT2D eigenvalue weighted by atomic mass is 10.2. The summed E-state index contributed by atoms with van der Waals surface area (Å²) >= 11 is 18.0. The van der Waals surface area contributed by atoms with E-state index in [1.807, 2.05) is 0 Å². The summed E-state index contributed by atoms with van der Waals surface area (Å²) in [6, 6.07) is 4.95. The number of hydrogen-bond acceptors (Lipinski definition) is 3. The maximum Gasteiger partial charge on any atom is 0.362 e. The number of hydrogen-bond donors (Lipinski definition) is 0. The maximum atomic E-state index is 12.7. The van der Waals surface area contributed by atoms with E-state index in [9.17, 15) is 4.57 Å². The van der Waals surface area contributed by atoms with Crippen LogP contribution in [0.25, 0.3) is 5.31 Å². The monoisotopic (exact) mass is 342 g/mol. The molecule has 1 aromatic rings. The van der Waals surface area contributed by atoms with E-state index >= 15 is 0 Å². The van der Waals surface area contributed by atoms with Crippen LogP contribution in [0.3, 0.4) is 0 Å². The smallest absolute Gasteiger partial charge is 0.305 e. The summed E-state index contributed by atoms with van der Waals surface area (Å²) < 4.78 is 23.2. The number of halogens is 3. The fraction of sp³-hybridized carbons (Fsp3) is 0.333. The van der Waals surface area contributed by atoms with E-state index in [-0.39, 0.29) is 18.5 Å². The average molecular weight is 344 g/mol. The molecule has 0 radical (unpaired) electrons. The third-order valence-corrected chi connectivity index (χ3v) is 5.35. The van der Waals surface area contributed by atoms with Gasteiger partial charge in [-0.15, -0.1) is 0 Å². The zero-order valence-electron chi connectivity index (χ0n) is 10.5. The highest BCUT2D eigenvalue weighted by molar-refractivity contribution is 7.65. The highest BCUT2D eigenvalue weighted by Crippen LogP contribution is 2.62. The van der Waals surface area contributed by atoms with Crippen molar-refractivity contribution in [2.75, 3.05) is 13.2 Å². The minimum Gasteiger partial charge on any atom is -0.305 e. The summed E-state index contributed by atoms with van der Waals surface area (Å²) in [6.45, 7) is 3.86. The van der Waals surface area contributed by atoms with Crippen LogP contribution in [0, 0.1) is 0 Å². The van der Waals surface area contributed by atoms with Gasteiger partial charge in [0, 0.05) is 11.1 Å². The van der Waals surface area contributed by atoms with Gasteiger partial charge in [0.2, 0.25) is 0 Å².